The van der Waals surface area contributed by atoms with Crippen molar-refractivity contribution in [2.75, 3.05) is 18.4 Å². The number of amides is 2. The molecular formula is C28H32F3N7O3. The van der Waals surface area contributed by atoms with Gasteiger partial charge in [-0.15, -0.1) is 0 Å². The lowest BCUT2D eigenvalue weighted by Gasteiger charge is -2.23. The second-order valence-electron chi connectivity index (χ2n) is 11.3. The third-order valence-electron chi connectivity index (χ3n) is 7.05. The summed E-state index contributed by atoms with van der Waals surface area (Å²) in [5.41, 5.74) is -0.0281. The lowest BCUT2D eigenvalue weighted by atomic mass is 10.0. The van der Waals surface area contributed by atoms with Gasteiger partial charge in [-0.25, -0.2) is 14.5 Å². The maximum atomic E-state index is 13.4. The summed E-state index contributed by atoms with van der Waals surface area (Å²) in [6.07, 6.45) is -1.64. The summed E-state index contributed by atoms with van der Waals surface area (Å²) < 4.78 is 47.6. The molecule has 0 radical (unpaired) electrons. The van der Waals surface area contributed by atoms with E-state index in [2.05, 4.69) is 25.9 Å². The van der Waals surface area contributed by atoms with E-state index in [-0.39, 0.29) is 35.6 Å². The third-order valence-corrected chi connectivity index (χ3v) is 7.05. The molecule has 10 nitrogen and oxygen atoms in total. The van der Waals surface area contributed by atoms with E-state index in [4.69, 9.17) is 9.84 Å². The molecule has 0 saturated heterocycles. The van der Waals surface area contributed by atoms with E-state index in [1.54, 1.807) is 6.07 Å². The van der Waals surface area contributed by atoms with Crippen molar-refractivity contribution in [3.8, 4) is 11.1 Å². The van der Waals surface area contributed by atoms with Crippen molar-refractivity contribution in [1.29, 1.82) is 0 Å². The number of fused-ring (bicyclic) bond motifs is 7. The van der Waals surface area contributed by atoms with Crippen LogP contribution in [-0.2, 0) is 16.5 Å². The maximum absolute atomic E-state index is 13.4. The van der Waals surface area contributed by atoms with Crippen molar-refractivity contribution in [2.24, 2.45) is 0 Å². The van der Waals surface area contributed by atoms with E-state index in [9.17, 15) is 22.8 Å². The lowest BCUT2D eigenvalue weighted by Crippen LogP contribution is -2.32. The number of aromatic nitrogens is 4. The molecule has 2 aliphatic rings. The number of pyridine rings is 2. The zero-order valence-electron chi connectivity index (χ0n) is 23.0. The number of carbonyl (C=O) groups excluding carboxylic acids is 2. The molecule has 3 N–H and O–H groups in total. The quantitative estimate of drug-likeness (QED) is 0.360. The topological polar surface area (TPSA) is 123 Å². The largest absolute Gasteiger partial charge is 0.446 e. The third kappa shape index (κ3) is 6.60. The Balaban J connectivity index is 1.58. The van der Waals surface area contributed by atoms with Crippen molar-refractivity contribution < 1.29 is 27.5 Å². The molecule has 41 heavy (non-hydrogen) atoms. The molecule has 1 fully saturated rings. The van der Waals surface area contributed by atoms with Crippen LogP contribution in [0.25, 0.3) is 11.1 Å². The minimum absolute atomic E-state index is 0.0181. The summed E-state index contributed by atoms with van der Waals surface area (Å²) in [6.45, 7) is 6.52. The van der Waals surface area contributed by atoms with Gasteiger partial charge in [-0.2, -0.15) is 18.3 Å². The number of carbonyl (C=O) groups is 2. The van der Waals surface area contributed by atoms with Crippen molar-refractivity contribution in [3.05, 3.63) is 53.6 Å². The Kier molecular flexibility index (Phi) is 7.62. The predicted octanol–water partition coefficient (Wildman–Crippen LogP) is 5.35. The van der Waals surface area contributed by atoms with E-state index in [1.165, 1.54) is 12.1 Å². The summed E-state index contributed by atoms with van der Waals surface area (Å²) in [7, 11) is 0. The normalized spacial score (nSPS) is 20.2. The molecular weight excluding hydrogens is 539 g/mol. The zero-order valence-corrected chi connectivity index (χ0v) is 23.0. The van der Waals surface area contributed by atoms with Crippen LogP contribution in [0.1, 0.15) is 74.2 Å². The Bertz CT molecular complexity index is 1450. The first-order valence-electron chi connectivity index (χ1n) is 13.5. The lowest BCUT2D eigenvalue weighted by molar-refractivity contribution is -0.141. The first-order chi connectivity index (χ1) is 19.4. The minimum atomic E-state index is -4.62. The van der Waals surface area contributed by atoms with Crippen molar-refractivity contribution in [1.82, 2.24) is 30.4 Å². The number of nitrogens with zero attached hydrogens (tertiary/aromatic N) is 4. The molecule has 1 saturated carbocycles. The van der Waals surface area contributed by atoms with Crippen molar-refractivity contribution in [3.63, 3.8) is 0 Å². The molecule has 0 unspecified atom stereocenters. The van der Waals surface area contributed by atoms with Crippen LogP contribution in [0.5, 0.6) is 0 Å². The van der Waals surface area contributed by atoms with Crippen LogP contribution < -0.4 is 16.0 Å². The zero-order chi connectivity index (χ0) is 29.4. The standard InChI is InChI=1S/C28H32F3N7O3/c1-27(2,3)38-24-15-20(37-38)17-5-6-19(11-17)41-26(40)34-9-4-8-33-25(39)21-12-18(14-23(35-21)36-24)16-7-10-32-22(13-16)28(29,30)31/h7,10,12-15,17,19H,4-6,8-9,11H2,1-3H3,(H,33,39)(H,34,40)(H,35,36)/t17-,19+/m0/s1. The van der Waals surface area contributed by atoms with Gasteiger partial charge in [-0.1, -0.05) is 0 Å². The fraction of sp³-hybridized carbons (Fsp3) is 0.464. The number of anilines is 2. The Morgan fingerprint density at radius 3 is 2.54 bits per heavy atom. The molecule has 218 valence electrons. The van der Waals surface area contributed by atoms with Crippen LogP contribution in [-0.4, -0.2) is 50.9 Å². The van der Waals surface area contributed by atoms with E-state index in [1.807, 2.05) is 31.5 Å². The molecule has 6 bridgehead atoms. The van der Waals surface area contributed by atoms with E-state index in [0.29, 0.717) is 30.8 Å². The van der Waals surface area contributed by atoms with Gasteiger partial charge in [0.25, 0.3) is 5.91 Å². The molecule has 2 atom stereocenters. The molecule has 2 amide bonds. The van der Waals surface area contributed by atoms with E-state index >= 15 is 0 Å². The summed E-state index contributed by atoms with van der Waals surface area (Å²) in [6, 6.07) is 7.34. The second-order valence-corrected chi connectivity index (χ2v) is 11.3. The van der Waals surface area contributed by atoms with E-state index in [0.717, 1.165) is 30.8 Å². The first kappa shape index (κ1) is 28.4. The number of alkyl halides is 3. The molecule has 3 aromatic heterocycles. The number of nitrogens with one attached hydrogen (secondary N) is 3. The van der Waals surface area contributed by atoms with Gasteiger partial charge in [0, 0.05) is 31.3 Å². The monoisotopic (exact) mass is 571 g/mol. The fourth-order valence-corrected chi connectivity index (χ4v) is 5.05. The van der Waals surface area contributed by atoms with Crippen LogP contribution in [0, 0.1) is 0 Å². The molecule has 13 heteroatoms. The van der Waals surface area contributed by atoms with Crippen molar-refractivity contribution in [2.45, 2.75) is 70.2 Å². The highest BCUT2D eigenvalue weighted by atomic mass is 19.4. The SMILES string of the molecule is CC(C)(C)n1nc2cc1Nc1cc(-c3ccnc(C(F)(F)F)c3)cc(n1)C(=O)NCCCNC(=O)O[C@@H]1CC[C@H]2C1. The van der Waals surface area contributed by atoms with Gasteiger partial charge in [0.2, 0.25) is 0 Å². The fourth-order valence-electron chi connectivity index (χ4n) is 5.05. The number of hydrogen-bond acceptors (Lipinski definition) is 7. The van der Waals surface area contributed by atoms with Gasteiger partial charge in [-0.05, 0) is 81.8 Å². The van der Waals surface area contributed by atoms with Gasteiger partial charge in [0.1, 0.15) is 29.1 Å². The highest BCUT2D eigenvalue weighted by Crippen LogP contribution is 2.38. The summed E-state index contributed by atoms with van der Waals surface area (Å²) in [5, 5.41) is 13.6. The first-order valence-corrected chi connectivity index (χ1v) is 13.5. The van der Waals surface area contributed by atoms with Gasteiger partial charge in [0.15, 0.2) is 0 Å². The average molecular weight is 572 g/mol. The molecule has 0 spiro atoms. The highest BCUT2D eigenvalue weighted by molar-refractivity contribution is 5.94. The van der Waals surface area contributed by atoms with Crippen molar-refractivity contribution >= 4 is 23.6 Å². The Morgan fingerprint density at radius 2 is 1.78 bits per heavy atom. The number of alkyl carbamates (subject to hydrolysis) is 1. The Morgan fingerprint density at radius 1 is 1.00 bits per heavy atom. The van der Waals surface area contributed by atoms with Gasteiger partial charge in [0.05, 0.1) is 11.2 Å². The number of ether oxygens (including phenoxy) is 1. The number of rotatable bonds is 1. The van der Waals surface area contributed by atoms with Gasteiger partial charge in [-0.3, -0.25) is 9.78 Å². The van der Waals surface area contributed by atoms with Crippen LogP contribution >= 0.6 is 0 Å². The smallest absolute Gasteiger partial charge is 0.433 e. The minimum Gasteiger partial charge on any atom is -0.446 e. The Hall–Kier alpha value is -4.16. The molecule has 4 heterocycles. The average Bonchev–Trinajstić information content (AvgIpc) is 3.54. The number of hydrogen-bond donors (Lipinski definition) is 3. The molecule has 3 aromatic rings. The van der Waals surface area contributed by atoms with Crippen LogP contribution in [0.2, 0.25) is 0 Å². The summed E-state index contributed by atoms with van der Waals surface area (Å²) in [5.74, 6) is 0.453. The molecule has 5 rings (SSSR count). The van der Waals surface area contributed by atoms with Crippen LogP contribution in [0.3, 0.4) is 0 Å². The highest BCUT2D eigenvalue weighted by Gasteiger charge is 2.33. The van der Waals surface area contributed by atoms with Crippen LogP contribution in [0.4, 0.5) is 29.6 Å². The summed E-state index contributed by atoms with van der Waals surface area (Å²) >= 11 is 0. The molecule has 1 aliphatic carbocycles. The van der Waals surface area contributed by atoms with Gasteiger partial charge < -0.3 is 20.7 Å². The summed E-state index contributed by atoms with van der Waals surface area (Å²) in [4.78, 5) is 33.3. The molecule has 1 aliphatic heterocycles. The predicted molar refractivity (Wildman–Crippen MR) is 145 cm³/mol. The van der Waals surface area contributed by atoms with E-state index < -0.39 is 29.4 Å². The molecule has 0 aromatic carbocycles. The second kappa shape index (κ2) is 11.0. The Labute approximate surface area is 235 Å². The van der Waals surface area contributed by atoms with Gasteiger partial charge >= 0.3 is 12.3 Å². The van der Waals surface area contributed by atoms with Crippen LogP contribution in [0.15, 0.2) is 36.5 Å². The number of halogens is 3. The maximum Gasteiger partial charge on any atom is 0.433 e.